The molecule has 0 saturated heterocycles. The Morgan fingerprint density at radius 3 is 2.48 bits per heavy atom. The summed E-state index contributed by atoms with van der Waals surface area (Å²) in [5, 5.41) is 22.9. The molecule has 5 aliphatic rings. The highest BCUT2D eigenvalue weighted by Crippen LogP contribution is 2.62. The van der Waals surface area contributed by atoms with E-state index in [2.05, 4.69) is 11.4 Å². The normalized spacial score (nSPS) is 43.7. The molecule has 1 amide bonds. The first-order chi connectivity index (χ1) is 10.9. The summed E-state index contributed by atoms with van der Waals surface area (Å²) in [4.78, 5) is 12.7. The van der Waals surface area contributed by atoms with Crippen LogP contribution in [-0.4, -0.2) is 28.7 Å². The van der Waals surface area contributed by atoms with Crippen LogP contribution in [0.4, 0.5) is 0 Å². The van der Waals surface area contributed by atoms with Gasteiger partial charge in [0.25, 0.3) is 0 Å². The Morgan fingerprint density at radius 2 is 1.96 bits per heavy atom. The van der Waals surface area contributed by atoms with Gasteiger partial charge in [-0.15, -0.1) is 0 Å². The minimum absolute atomic E-state index is 0.192. The molecule has 5 fully saturated rings. The van der Waals surface area contributed by atoms with E-state index in [1.165, 1.54) is 19.3 Å². The number of hydrogen-bond donors (Lipinski definition) is 3. The second-order valence-electron chi connectivity index (χ2n) is 8.89. The van der Waals surface area contributed by atoms with E-state index < -0.39 is 17.7 Å². The average molecular weight is 317 g/mol. The van der Waals surface area contributed by atoms with Crippen molar-refractivity contribution in [3.63, 3.8) is 0 Å². The van der Waals surface area contributed by atoms with Crippen molar-refractivity contribution < 1.29 is 9.90 Å². The van der Waals surface area contributed by atoms with Crippen molar-refractivity contribution in [3.05, 3.63) is 0 Å². The van der Waals surface area contributed by atoms with Crippen LogP contribution in [0.25, 0.3) is 0 Å². The van der Waals surface area contributed by atoms with Gasteiger partial charge in [-0.05, 0) is 68.1 Å². The van der Waals surface area contributed by atoms with Crippen LogP contribution < -0.4 is 11.1 Å². The number of nitrogens with one attached hydrogen (secondary N) is 1. The predicted molar refractivity (Wildman–Crippen MR) is 84.9 cm³/mol. The van der Waals surface area contributed by atoms with E-state index in [1.807, 2.05) is 0 Å². The van der Waals surface area contributed by atoms with Gasteiger partial charge in [-0.3, -0.25) is 4.79 Å². The highest BCUT2D eigenvalue weighted by atomic mass is 16.3. The lowest BCUT2D eigenvalue weighted by Gasteiger charge is -2.61. The molecule has 0 aromatic carbocycles. The fraction of sp³-hybridized carbons (Fsp3) is 0.889. The summed E-state index contributed by atoms with van der Waals surface area (Å²) in [5.41, 5.74) is 5.52. The van der Waals surface area contributed by atoms with Crippen LogP contribution in [0, 0.1) is 34.5 Å². The maximum absolute atomic E-state index is 12.7. The molecule has 126 valence electrons. The largest absolute Gasteiger partial charge is 0.390 e. The van der Waals surface area contributed by atoms with Crippen LogP contribution >= 0.6 is 0 Å². The van der Waals surface area contributed by atoms with Gasteiger partial charge < -0.3 is 16.2 Å². The van der Waals surface area contributed by atoms with E-state index in [1.54, 1.807) is 0 Å². The SMILES string of the molecule is N#C[C@H](CC1CC1)NC(=O)[C@@H](N)C12CC3CC(CC(O)(C3)C1)C2. The summed E-state index contributed by atoms with van der Waals surface area (Å²) in [6.07, 6.45) is 8.59. The average Bonchev–Trinajstić information content (AvgIpc) is 3.27. The Balaban J connectivity index is 1.46. The van der Waals surface area contributed by atoms with Gasteiger partial charge >= 0.3 is 0 Å². The molecule has 5 saturated carbocycles. The van der Waals surface area contributed by atoms with Crippen molar-refractivity contribution in [1.29, 1.82) is 5.26 Å². The van der Waals surface area contributed by atoms with Crippen molar-refractivity contribution >= 4 is 5.91 Å². The number of hydrogen-bond acceptors (Lipinski definition) is 4. The van der Waals surface area contributed by atoms with Gasteiger partial charge in [-0.1, -0.05) is 12.8 Å². The van der Waals surface area contributed by atoms with Crippen LogP contribution in [0.5, 0.6) is 0 Å². The number of nitrogens with two attached hydrogens (primary N) is 1. The predicted octanol–water partition coefficient (Wildman–Crippen LogP) is 1.45. The maximum atomic E-state index is 12.7. The molecule has 5 heteroatoms. The van der Waals surface area contributed by atoms with Crippen molar-refractivity contribution in [3.8, 4) is 6.07 Å². The highest BCUT2D eigenvalue weighted by molar-refractivity contribution is 5.83. The van der Waals surface area contributed by atoms with Gasteiger partial charge in [-0.2, -0.15) is 5.26 Å². The van der Waals surface area contributed by atoms with Gasteiger partial charge in [0.05, 0.1) is 17.7 Å². The minimum Gasteiger partial charge on any atom is -0.390 e. The number of carbonyl (C=O) groups excluding carboxylic acids is 1. The molecule has 0 aliphatic heterocycles. The van der Waals surface area contributed by atoms with Gasteiger partial charge in [0.2, 0.25) is 5.91 Å². The van der Waals surface area contributed by atoms with Gasteiger partial charge in [-0.25, -0.2) is 0 Å². The minimum atomic E-state index is -0.607. The number of nitrogens with zero attached hydrogens (tertiary/aromatic N) is 1. The molecule has 5 nitrogen and oxygen atoms in total. The quantitative estimate of drug-likeness (QED) is 0.714. The first kappa shape index (κ1) is 15.4. The van der Waals surface area contributed by atoms with E-state index in [0.717, 1.165) is 32.1 Å². The lowest BCUT2D eigenvalue weighted by Crippen LogP contribution is -2.64. The van der Waals surface area contributed by atoms with Gasteiger partial charge in [0, 0.05) is 0 Å². The number of aliphatic hydroxyl groups is 1. The molecule has 0 aromatic heterocycles. The molecule has 4 bridgehead atoms. The van der Waals surface area contributed by atoms with Crippen LogP contribution in [0.15, 0.2) is 0 Å². The summed E-state index contributed by atoms with van der Waals surface area (Å²) in [7, 11) is 0. The second-order valence-corrected chi connectivity index (χ2v) is 8.89. The number of nitriles is 1. The fourth-order valence-corrected chi connectivity index (χ4v) is 6.02. The lowest BCUT2D eigenvalue weighted by atomic mass is 9.46. The number of carbonyl (C=O) groups is 1. The number of rotatable bonds is 5. The Morgan fingerprint density at radius 1 is 1.30 bits per heavy atom. The molecule has 4 N–H and O–H groups in total. The molecule has 0 heterocycles. The van der Waals surface area contributed by atoms with Crippen LogP contribution in [0.2, 0.25) is 0 Å². The summed E-state index contributed by atoms with van der Waals surface area (Å²) < 4.78 is 0. The van der Waals surface area contributed by atoms with Crippen molar-refractivity contribution in [2.24, 2.45) is 28.9 Å². The maximum Gasteiger partial charge on any atom is 0.238 e. The third-order valence-corrected chi connectivity index (χ3v) is 6.76. The summed E-state index contributed by atoms with van der Waals surface area (Å²) >= 11 is 0. The van der Waals surface area contributed by atoms with E-state index >= 15 is 0 Å². The number of amides is 1. The second kappa shape index (κ2) is 5.19. The molecule has 23 heavy (non-hydrogen) atoms. The standard InChI is InChI=1S/C18H27N3O2/c19-9-14(4-11-1-2-11)21-16(22)15(20)17-5-12-3-13(6-17)8-18(23,7-12)10-17/h11-15,23H,1-8,10,20H2,(H,21,22)/t12?,13?,14-,15+,17?,18?/m0/s1. The van der Waals surface area contributed by atoms with Crippen LogP contribution in [0.1, 0.15) is 57.8 Å². The molecule has 2 unspecified atom stereocenters. The van der Waals surface area contributed by atoms with Crippen LogP contribution in [0.3, 0.4) is 0 Å². The fourth-order valence-electron chi connectivity index (χ4n) is 6.02. The van der Waals surface area contributed by atoms with Gasteiger partial charge in [0.1, 0.15) is 6.04 Å². The molecular weight excluding hydrogens is 290 g/mol. The van der Waals surface area contributed by atoms with Crippen LogP contribution in [-0.2, 0) is 4.79 Å². The summed E-state index contributed by atoms with van der Waals surface area (Å²) in [6.45, 7) is 0. The smallest absolute Gasteiger partial charge is 0.238 e. The topological polar surface area (TPSA) is 99.1 Å². The molecule has 0 spiro atoms. The molecular formula is C18H27N3O2. The zero-order valence-corrected chi connectivity index (χ0v) is 13.6. The molecule has 0 aromatic rings. The van der Waals surface area contributed by atoms with E-state index in [4.69, 9.17) is 5.73 Å². The molecule has 5 rings (SSSR count). The Bertz CT molecular complexity index is 537. The van der Waals surface area contributed by atoms with E-state index in [-0.39, 0.29) is 11.3 Å². The molecule has 5 aliphatic carbocycles. The lowest BCUT2D eigenvalue weighted by molar-refractivity contribution is -0.174. The highest BCUT2D eigenvalue weighted by Gasteiger charge is 2.60. The summed E-state index contributed by atoms with van der Waals surface area (Å²) in [6, 6.07) is 1.18. The molecule has 0 radical (unpaired) electrons. The third-order valence-electron chi connectivity index (χ3n) is 6.76. The van der Waals surface area contributed by atoms with Crippen molar-refractivity contribution in [2.45, 2.75) is 75.5 Å². The monoisotopic (exact) mass is 317 g/mol. The zero-order valence-electron chi connectivity index (χ0n) is 13.6. The van der Waals surface area contributed by atoms with Crippen molar-refractivity contribution in [2.75, 3.05) is 0 Å². The Hall–Kier alpha value is -1.12. The van der Waals surface area contributed by atoms with Crippen molar-refractivity contribution in [1.82, 2.24) is 5.32 Å². The Kier molecular flexibility index (Phi) is 3.48. The summed E-state index contributed by atoms with van der Waals surface area (Å²) in [5.74, 6) is 1.43. The van der Waals surface area contributed by atoms with E-state index in [0.29, 0.717) is 24.2 Å². The zero-order chi connectivity index (χ0) is 16.2. The van der Waals surface area contributed by atoms with E-state index in [9.17, 15) is 15.2 Å². The first-order valence-corrected chi connectivity index (χ1v) is 9.09. The Labute approximate surface area is 137 Å². The molecule has 4 atom stereocenters. The third kappa shape index (κ3) is 2.77. The first-order valence-electron chi connectivity index (χ1n) is 9.09. The van der Waals surface area contributed by atoms with Gasteiger partial charge in [0.15, 0.2) is 0 Å².